The molecular weight excluding hydrogens is 180 g/mol. The Kier molecular flexibility index (Phi) is 5.60. The van der Waals surface area contributed by atoms with E-state index in [1.54, 1.807) is 12.3 Å². The molecule has 0 aromatic heterocycles. The molecule has 1 aliphatic rings. The van der Waals surface area contributed by atoms with Crippen LogP contribution in [0.5, 0.6) is 0 Å². The Bertz CT molecular complexity index is 223. The lowest BCUT2D eigenvalue weighted by atomic mass is 10.7. The van der Waals surface area contributed by atoms with E-state index in [1.165, 1.54) is 6.26 Å². The lowest BCUT2D eigenvalue weighted by Gasteiger charge is -1.96. The summed E-state index contributed by atoms with van der Waals surface area (Å²) in [7, 11) is 1.01. The van der Waals surface area contributed by atoms with Crippen molar-refractivity contribution in [1.29, 1.82) is 0 Å². The molecule has 0 aromatic rings. The molecule has 0 unspecified atom stereocenters. The van der Waals surface area contributed by atoms with Gasteiger partial charge in [-0.1, -0.05) is 0 Å². The molecule has 2 N–H and O–H groups in total. The summed E-state index contributed by atoms with van der Waals surface area (Å²) >= 11 is 0. The third-order valence-electron chi connectivity index (χ3n) is 0.773. The second kappa shape index (κ2) is 6.65. The summed E-state index contributed by atoms with van der Waals surface area (Å²) in [5.41, 5.74) is 2.27. The predicted octanol–water partition coefficient (Wildman–Crippen LogP) is -0.735. The molecule has 72 valence electrons. The summed E-state index contributed by atoms with van der Waals surface area (Å²) in [6.07, 6.45) is 4.80. The van der Waals surface area contributed by atoms with Gasteiger partial charge in [0.25, 0.3) is 0 Å². The Balaban J connectivity index is 0.000000223. The minimum atomic E-state index is -1.57. The second-order valence-electron chi connectivity index (χ2n) is 1.61. The summed E-state index contributed by atoms with van der Waals surface area (Å²) in [5, 5.41) is 11.2. The average Bonchev–Trinajstić information content (AvgIpc) is 2.20. The number of esters is 1. The molecule has 7 heteroatoms. The highest BCUT2D eigenvalue weighted by Gasteiger charge is 2.08. The van der Waals surface area contributed by atoms with Crippen LogP contribution >= 0.6 is 0 Å². The minimum Gasteiger partial charge on any atom is -0.473 e. The third-order valence-corrected chi connectivity index (χ3v) is 0.773. The highest BCUT2D eigenvalue weighted by molar-refractivity contribution is 6.28. The number of hydrogen-bond donors (Lipinski definition) is 2. The molecule has 0 saturated carbocycles. The van der Waals surface area contributed by atoms with E-state index in [4.69, 9.17) is 5.11 Å². The van der Waals surface area contributed by atoms with Gasteiger partial charge in [0.2, 0.25) is 0 Å². The molecule has 0 aromatic carbocycles. The molecule has 0 fully saturated rings. The van der Waals surface area contributed by atoms with Crippen molar-refractivity contribution in [2.45, 2.75) is 0 Å². The van der Waals surface area contributed by atoms with Crippen molar-refractivity contribution in [3.63, 3.8) is 0 Å². The van der Waals surface area contributed by atoms with Gasteiger partial charge in [-0.25, -0.2) is 9.59 Å². The summed E-state index contributed by atoms with van der Waals surface area (Å²) in [5.74, 6) is -2.80. The zero-order chi connectivity index (χ0) is 10.1. The maximum Gasteiger partial charge on any atom is 0.417 e. The molecule has 0 amide bonds. The third kappa shape index (κ3) is 6.35. The quantitative estimate of drug-likeness (QED) is 0.384. The van der Waals surface area contributed by atoms with E-state index in [9.17, 15) is 9.59 Å². The lowest BCUT2D eigenvalue weighted by Crippen LogP contribution is -2.13. The average molecular weight is 188 g/mol. The Morgan fingerprint density at radius 2 is 2.31 bits per heavy atom. The van der Waals surface area contributed by atoms with E-state index in [1.807, 2.05) is 0 Å². The van der Waals surface area contributed by atoms with Crippen LogP contribution in [0.1, 0.15) is 0 Å². The van der Waals surface area contributed by atoms with Crippen LogP contribution in [0.3, 0.4) is 0 Å². The monoisotopic (exact) mass is 188 g/mol. The number of hydrogen-bond acceptors (Lipinski definition) is 6. The minimum absolute atomic E-state index is 1.01. The molecule has 0 bridgehead atoms. The first-order valence-electron chi connectivity index (χ1n) is 3.08. The highest BCUT2D eigenvalue weighted by Crippen LogP contribution is 1.74. The van der Waals surface area contributed by atoms with Gasteiger partial charge in [-0.3, -0.25) is 0 Å². The number of nitrogens with zero attached hydrogens (tertiary/aromatic N) is 1. The van der Waals surface area contributed by atoms with Gasteiger partial charge in [0.1, 0.15) is 6.26 Å². The first kappa shape index (κ1) is 11.0. The largest absolute Gasteiger partial charge is 0.473 e. The van der Waals surface area contributed by atoms with Crippen molar-refractivity contribution < 1.29 is 24.3 Å². The van der Waals surface area contributed by atoms with Gasteiger partial charge in [0.15, 0.2) is 0 Å². The summed E-state index contributed by atoms with van der Waals surface area (Å²) < 4.78 is 3.77. The van der Waals surface area contributed by atoms with Crippen molar-refractivity contribution in [1.82, 2.24) is 5.59 Å². The molecule has 1 heterocycles. The lowest BCUT2D eigenvalue weighted by molar-refractivity contribution is -0.161. The smallest absolute Gasteiger partial charge is 0.417 e. The van der Waals surface area contributed by atoms with Crippen LogP contribution in [-0.4, -0.2) is 30.4 Å². The van der Waals surface area contributed by atoms with E-state index in [0.29, 0.717) is 0 Å². The normalized spacial score (nSPS) is 11.5. The van der Waals surface area contributed by atoms with Crippen LogP contribution < -0.4 is 5.59 Å². The van der Waals surface area contributed by atoms with Crippen LogP contribution in [0.4, 0.5) is 0 Å². The van der Waals surface area contributed by atoms with Crippen LogP contribution in [0.25, 0.3) is 0 Å². The van der Waals surface area contributed by atoms with Crippen LogP contribution in [0.2, 0.25) is 0 Å². The Hall–Kier alpha value is -2.05. The van der Waals surface area contributed by atoms with Crippen molar-refractivity contribution in [3.05, 3.63) is 12.3 Å². The number of carboxylic acids is 1. The fourth-order valence-electron chi connectivity index (χ4n) is 0.296. The molecule has 1 aliphatic heterocycles. The van der Waals surface area contributed by atoms with Gasteiger partial charge >= 0.3 is 11.9 Å². The molecule has 7 nitrogen and oxygen atoms in total. The number of hydrazone groups is 1. The van der Waals surface area contributed by atoms with Crippen molar-refractivity contribution in [2.75, 3.05) is 7.11 Å². The van der Waals surface area contributed by atoms with Crippen LogP contribution in [0, 0.1) is 0 Å². The zero-order valence-electron chi connectivity index (χ0n) is 6.76. The van der Waals surface area contributed by atoms with Gasteiger partial charge in [-0.15, -0.1) is 5.59 Å². The number of nitrogens with one attached hydrogen (secondary N) is 1. The fraction of sp³-hybridized carbons (Fsp3) is 0.167. The van der Waals surface area contributed by atoms with E-state index in [2.05, 4.69) is 20.3 Å². The number of carbonyl (C=O) groups excluding carboxylic acids is 1. The number of rotatable bonds is 0. The first-order valence-corrected chi connectivity index (χ1v) is 3.08. The summed E-state index contributed by atoms with van der Waals surface area (Å²) in [6.45, 7) is 0. The number of aliphatic carboxylic acids is 1. The molecule has 0 atom stereocenters. The predicted molar refractivity (Wildman–Crippen MR) is 41.5 cm³/mol. The summed E-state index contributed by atoms with van der Waals surface area (Å²) in [6, 6.07) is 0. The van der Waals surface area contributed by atoms with Crippen LogP contribution in [-0.2, 0) is 19.2 Å². The maximum absolute atomic E-state index is 9.69. The van der Waals surface area contributed by atoms with Crippen molar-refractivity contribution in [3.8, 4) is 0 Å². The number of carboxylic acid groups (broad SMARTS) is 1. The van der Waals surface area contributed by atoms with Gasteiger partial charge in [-0.05, 0) is 6.08 Å². The Labute approximate surface area is 73.6 Å². The van der Waals surface area contributed by atoms with Crippen molar-refractivity contribution >= 4 is 18.2 Å². The highest BCUT2D eigenvalue weighted by atomic mass is 16.7. The Morgan fingerprint density at radius 1 is 1.62 bits per heavy atom. The zero-order valence-corrected chi connectivity index (χ0v) is 6.76. The molecule has 0 aliphatic carbocycles. The standard InChI is InChI=1S/C3H4N2O.C3H4O4/c1-2-4-5-6-3-1;1-7-3(6)2(4)5/h1-3,5H;1H3,(H,4,5). The van der Waals surface area contributed by atoms with Gasteiger partial charge in [0, 0.05) is 0 Å². The van der Waals surface area contributed by atoms with Gasteiger partial charge < -0.3 is 14.7 Å². The fourth-order valence-corrected chi connectivity index (χ4v) is 0.296. The van der Waals surface area contributed by atoms with Gasteiger partial charge in [0.05, 0.1) is 13.3 Å². The maximum atomic E-state index is 9.69. The Morgan fingerprint density at radius 3 is 2.38 bits per heavy atom. The molecular formula is C6H8N2O5. The molecule has 0 spiro atoms. The van der Waals surface area contributed by atoms with E-state index < -0.39 is 11.9 Å². The number of methoxy groups -OCH3 is 1. The van der Waals surface area contributed by atoms with E-state index in [0.717, 1.165) is 7.11 Å². The molecule has 0 radical (unpaired) electrons. The number of carbonyl (C=O) groups is 2. The van der Waals surface area contributed by atoms with E-state index >= 15 is 0 Å². The molecule has 0 saturated heterocycles. The first-order chi connectivity index (χ1) is 6.18. The van der Waals surface area contributed by atoms with Crippen LogP contribution in [0.15, 0.2) is 17.4 Å². The molecule has 13 heavy (non-hydrogen) atoms. The molecule has 1 rings (SSSR count). The SMILES string of the molecule is C1=CONN=C1.COC(=O)C(=O)O. The van der Waals surface area contributed by atoms with Gasteiger partial charge in [-0.2, -0.15) is 5.10 Å². The number of allylic oxidation sites excluding steroid dienone is 1. The topological polar surface area (TPSA) is 97.2 Å². The number of ether oxygens (including phenoxy) is 1. The second-order valence-corrected chi connectivity index (χ2v) is 1.61. The van der Waals surface area contributed by atoms with Crippen molar-refractivity contribution in [2.24, 2.45) is 5.10 Å². The van der Waals surface area contributed by atoms with E-state index in [-0.39, 0.29) is 0 Å². The summed E-state index contributed by atoms with van der Waals surface area (Å²) in [4.78, 5) is 23.6.